The van der Waals surface area contributed by atoms with Crippen LogP contribution in [0, 0.1) is 0 Å². The molecule has 0 spiro atoms. The number of thioether (sulfide) groups is 1. The summed E-state index contributed by atoms with van der Waals surface area (Å²) >= 11 is 1.53. The van der Waals surface area contributed by atoms with Crippen LogP contribution in [-0.4, -0.2) is 40.3 Å². The van der Waals surface area contributed by atoms with Crippen molar-refractivity contribution in [2.75, 3.05) is 12.3 Å². The minimum Gasteiger partial charge on any atom is -0.431 e. The Balaban J connectivity index is 1.05. The van der Waals surface area contributed by atoms with Gasteiger partial charge in [0.05, 0.1) is 18.8 Å². The van der Waals surface area contributed by atoms with Gasteiger partial charge in [0, 0.05) is 55.3 Å². The summed E-state index contributed by atoms with van der Waals surface area (Å²) in [5, 5.41) is 16.1. The maximum absolute atomic E-state index is 12.6. The fraction of sp³-hybridized carbons (Fsp3) is 0.271. The Bertz CT molecular complexity index is 2190. The number of carbonyl (C=O) groups excluding carboxylic acids is 2. The number of aromatic nitrogens is 1. The summed E-state index contributed by atoms with van der Waals surface area (Å²) in [7, 11) is 0. The quantitative estimate of drug-likeness (QED) is 0.0616. The summed E-state index contributed by atoms with van der Waals surface area (Å²) in [6.07, 6.45) is 2.55. The number of benzene rings is 5. The first kappa shape index (κ1) is 40.7. The summed E-state index contributed by atoms with van der Waals surface area (Å²) in [6.45, 7) is 2.56. The van der Waals surface area contributed by atoms with Crippen LogP contribution in [0.15, 0.2) is 143 Å². The molecule has 1 fully saturated rings. The van der Waals surface area contributed by atoms with Crippen molar-refractivity contribution in [3.8, 4) is 33.7 Å². The molecule has 298 valence electrons. The van der Waals surface area contributed by atoms with E-state index in [1.165, 1.54) is 18.7 Å². The first-order chi connectivity index (χ1) is 28.4. The van der Waals surface area contributed by atoms with Crippen LogP contribution in [-0.2, 0) is 32.2 Å². The Morgan fingerprint density at radius 1 is 0.724 bits per heavy atom. The molecule has 9 nitrogen and oxygen atoms in total. The highest BCUT2D eigenvalue weighted by atomic mass is 32.2. The van der Waals surface area contributed by atoms with Gasteiger partial charge in [0.25, 0.3) is 5.22 Å². The van der Waals surface area contributed by atoms with E-state index >= 15 is 0 Å². The predicted molar refractivity (Wildman–Crippen MR) is 227 cm³/mol. The molecule has 2 amide bonds. The predicted octanol–water partition coefficient (Wildman–Crippen LogP) is 9.82. The van der Waals surface area contributed by atoms with Crippen LogP contribution in [0.5, 0.6) is 0 Å². The first-order valence-corrected chi connectivity index (χ1v) is 20.9. The minimum absolute atomic E-state index is 0.0166. The summed E-state index contributed by atoms with van der Waals surface area (Å²) in [5.41, 5.74) is 8.56. The molecule has 3 unspecified atom stereocenters. The van der Waals surface area contributed by atoms with E-state index in [-0.39, 0.29) is 30.6 Å². The van der Waals surface area contributed by atoms with Crippen molar-refractivity contribution in [1.82, 2.24) is 15.6 Å². The summed E-state index contributed by atoms with van der Waals surface area (Å²) in [6, 6.07) is 44.5. The number of ether oxygens (including phenoxy) is 2. The molecule has 0 radical (unpaired) electrons. The Hall–Kier alpha value is -5.52. The maximum atomic E-state index is 12.6. The normalized spacial score (nSPS) is 16.5. The SMILES string of the molecule is CC(=O)NCCCCCC(=O)NCc1cccc(-c2cccc(C3OC(CSc4nc(-c5ccccc5)c(-c5ccccc5)o4)CC(c4ccc(CO)cc4)O3)c2)c1. The van der Waals surface area contributed by atoms with Gasteiger partial charge in [-0.1, -0.05) is 140 Å². The van der Waals surface area contributed by atoms with E-state index in [9.17, 15) is 14.7 Å². The molecular formula is C48H49N3O6S. The van der Waals surface area contributed by atoms with Gasteiger partial charge >= 0.3 is 0 Å². The summed E-state index contributed by atoms with van der Waals surface area (Å²) < 4.78 is 19.9. The average Bonchev–Trinajstić information content (AvgIpc) is 3.71. The number of aliphatic hydroxyl groups excluding tert-OH is 1. The van der Waals surface area contributed by atoms with E-state index in [1.54, 1.807) is 0 Å². The molecule has 1 aliphatic rings. The van der Waals surface area contributed by atoms with Crippen LogP contribution in [0.25, 0.3) is 33.7 Å². The van der Waals surface area contributed by atoms with Crippen LogP contribution in [0.1, 0.15) is 73.7 Å². The highest BCUT2D eigenvalue weighted by Gasteiger charge is 2.33. The lowest BCUT2D eigenvalue weighted by Crippen LogP contribution is -2.31. The standard InChI is InChI=1S/C48H49N3O6S/c1-33(53)49-26-10-4-9-21-44(54)50-30-35-13-11-18-39(27-35)40-19-12-20-41(28-40)47-55-42(29-43(56-47)36-24-22-34(31-52)23-25-36)32-58-48-51-45(37-14-5-2-6-15-37)46(57-48)38-16-7-3-8-17-38/h2-3,5-8,11-20,22-25,27-28,42-43,47,52H,4,9-10,21,26,29-32H2,1H3,(H,49,53)(H,50,54). The number of nitrogens with one attached hydrogen (secondary N) is 2. The Kier molecular flexibility index (Phi) is 14.2. The van der Waals surface area contributed by atoms with E-state index < -0.39 is 6.29 Å². The van der Waals surface area contributed by atoms with Crippen LogP contribution in [0.4, 0.5) is 0 Å². The number of nitrogens with zero attached hydrogens (tertiary/aromatic N) is 1. The summed E-state index contributed by atoms with van der Waals surface area (Å²) in [5.74, 6) is 1.31. The molecule has 58 heavy (non-hydrogen) atoms. The smallest absolute Gasteiger partial charge is 0.256 e. The Labute approximate surface area is 344 Å². The molecule has 3 N–H and O–H groups in total. The van der Waals surface area contributed by atoms with E-state index in [1.807, 2.05) is 109 Å². The fourth-order valence-electron chi connectivity index (χ4n) is 6.99. The van der Waals surface area contributed by atoms with E-state index in [0.29, 0.717) is 36.9 Å². The van der Waals surface area contributed by atoms with Gasteiger partial charge in [-0.3, -0.25) is 9.59 Å². The van der Waals surface area contributed by atoms with Gasteiger partial charge in [-0.05, 0) is 52.8 Å². The van der Waals surface area contributed by atoms with Gasteiger partial charge in [-0.15, -0.1) is 0 Å². The number of rotatable bonds is 17. The van der Waals surface area contributed by atoms with Crippen molar-refractivity contribution in [1.29, 1.82) is 0 Å². The van der Waals surface area contributed by atoms with Crippen molar-refractivity contribution in [2.24, 2.45) is 0 Å². The molecule has 0 bridgehead atoms. The highest BCUT2D eigenvalue weighted by Crippen LogP contribution is 2.41. The molecule has 7 rings (SSSR count). The number of oxazole rings is 1. The number of hydrogen-bond acceptors (Lipinski definition) is 8. The fourth-order valence-corrected chi connectivity index (χ4v) is 7.83. The van der Waals surface area contributed by atoms with Crippen molar-refractivity contribution < 1.29 is 28.6 Å². The number of carbonyl (C=O) groups is 2. The second-order valence-corrected chi connectivity index (χ2v) is 15.4. The number of hydrogen-bond donors (Lipinski definition) is 3. The van der Waals surface area contributed by atoms with E-state index in [0.717, 1.165) is 75.2 Å². The molecule has 5 aromatic carbocycles. The van der Waals surface area contributed by atoms with Crippen molar-refractivity contribution in [3.63, 3.8) is 0 Å². The Morgan fingerprint density at radius 3 is 2.17 bits per heavy atom. The van der Waals surface area contributed by atoms with Crippen molar-refractivity contribution >= 4 is 23.6 Å². The van der Waals surface area contributed by atoms with Crippen LogP contribution >= 0.6 is 11.8 Å². The molecule has 6 aromatic rings. The van der Waals surface area contributed by atoms with Crippen LogP contribution in [0.2, 0.25) is 0 Å². The number of amides is 2. The molecule has 1 aliphatic heterocycles. The zero-order chi connectivity index (χ0) is 40.1. The van der Waals surface area contributed by atoms with Crippen molar-refractivity contribution in [2.45, 2.75) is 75.9 Å². The largest absolute Gasteiger partial charge is 0.431 e. The van der Waals surface area contributed by atoms with Gasteiger partial charge in [-0.25, -0.2) is 4.98 Å². The molecule has 1 saturated heterocycles. The van der Waals surface area contributed by atoms with E-state index in [2.05, 4.69) is 34.9 Å². The molecule has 2 heterocycles. The zero-order valence-corrected chi connectivity index (χ0v) is 33.5. The second-order valence-electron chi connectivity index (χ2n) is 14.4. The average molecular weight is 796 g/mol. The van der Waals surface area contributed by atoms with Gasteiger partial charge in [0.15, 0.2) is 12.1 Å². The molecule has 0 saturated carbocycles. The molecule has 3 atom stereocenters. The maximum Gasteiger partial charge on any atom is 0.256 e. The van der Waals surface area contributed by atoms with Crippen molar-refractivity contribution in [3.05, 3.63) is 156 Å². The third-order valence-electron chi connectivity index (χ3n) is 10.1. The third-order valence-corrected chi connectivity index (χ3v) is 11.0. The lowest BCUT2D eigenvalue weighted by atomic mass is 9.99. The summed E-state index contributed by atoms with van der Waals surface area (Å²) in [4.78, 5) is 28.6. The molecule has 1 aromatic heterocycles. The van der Waals surface area contributed by atoms with E-state index in [4.69, 9.17) is 18.9 Å². The number of aliphatic hydroxyl groups is 1. The lowest BCUT2D eigenvalue weighted by molar-refractivity contribution is -0.245. The first-order valence-electron chi connectivity index (χ1n) is 19.9. The molecule has 10 heteroatoms. The lowest BCUT2D eigenvalue weighted by Gasteiger charge is -2.36. The topological polar surface area (TPSA) is 123 Å². The Morgan fingerprint density at radius 2 is 1.43 bits per heavy atom. The van der Waals surface area contributed by atoms with Gasteiger partial charge < -0.3 is 29.6 Å². The molecular weight excluding hydrogens is 747 g/mol. The minimum atomic E-state index is -0.633. The van der Waals surface area contributed by atoms with Crippen LogP contribution in [0.3, 0.4) is 0 Å². The van der Waals surface area contributed by atoms with Gasteiger partial charge in [-0.2, -0.15) is 0 Å². The number of unbranched alkanes of at least 4 members (excludes halogenated alkanes) is 2. The van der Waals surface area contributed by atoms with Gasteiger partial charge in [0.1, 0.15) is 5.69 Å². The second kappa shape index (κ2) is 20.3. The molecule has 0 aliphatic carbocycles. The zero-order valence-electron chi connectivity index (χ0n) is 32.6. The van der Waals surface area contributed by atoms with Gasteiger partial charge in [0.2, 0.25) is 11.8 Å². The van der Waals surface area contributed by atoms with Crippen LogP contribution < -0.4 is 10.6 Å². The third kappa shape index (κ3) is 11.1. The highest BCUT2D eigenvalue weighted by molar-refractivity contribution is 7.99. The monoisotopic (exact) mass is 795 g/mol.